The van der Waals surface area contributed by atoms with Gasteiger partial charge in [-0.05, 0) is 44.5 Å². The van der Waals surface area contributed by atoms with Gasteiger partial charge < -0.3 is 15.1 Å². The standard InChI is InChI=1S/C24H31N5O4/c1-3-27(4-2)23(30)18-26-13-8-14-28(16-15-26)24(31)19-11-12-21(22(17-19)29(32)33)25-20-9-6-5-7-10-20/h5-7,9-12,17,25H,3-4,8,13-16,18H2,1-2H3. The van der Waals surface area contributed by atoms with Crippen LogP contribution in [-0.4, -0.2) is 77.3 Å². The van der Waals surface area contributed by atoms with E-state index in [0.717, 1.165) is 18.7 Å². The van der Waals surface area contributed by atoms with E-state index in [1.54, 1.807) is 21.9 Å². The topological polar surface area (TPSA) is 99.0 Å². The van der Waals surface area contributed by atoms with Gasteiger partial charge in [0.15, 0.2) is 0 Å². The van der Waals surface area contributed by atoms with E-state index in [1.165, 1.54) is 6.07 Å². The highest BCUT2D eigenvalue weighted by molar-refractivity contribution is 5.96. The van der Waals surface area contributed by atoms with Gasteiger partial charge in [0, 0.05) is 56.6 Å². The minimum atomic E-state index is -0.481. The summed E-state index contributed by atoms with van der Waals surface area (Å²) in [5.41, 5.74) is 1.20. The zero-order valence-corrected chi connectivity index (χ0v) is 19.2. The number of benzene rings is 2. The van der Waals surface area contributed by atoms with E-state index in [1.807, 2.05) is 44.2 Å². The molecule has 2 aromatic rings. The summed E-state index contributed by atoms with van der Waals surface area (Å²) < 4.78 is 0. The van der Waals surface area contributed by atoms with Gasteiger partial charge in [-0.2, -0.15) is 0 Å². The first-order valence-corrected chi connectivity index (χ1v) is 11.3. The van der Waals surface area contributed by atoms with Crippen molar-refractivity contribution >= 4 is 28.9 Å². The summed E-state index contributed by atoms with van der Waals surface area (Å²) in [4.78, 5) is 42.3. The van der Waals surface area contributed by atoms with Gasteiger partial charge in [0.1, 0.15) is 5.69 Å². The van der Waals surface area contributed by atoms with Crippen LogP contribution in [-0.2, 0) is 4.79 Å². The monoisotopic (exact) mass is 453 g/mol. The Morgan fingerprint density at radius 1 is 1.03 bits per heavy atom. The third-order valence-electron chi connectivity index (χ3n) is 5.84. The van der Waals surface area contributed by atoms with E-state index in [4.69, 9.17) is 0 Å². The van der Waals surface area contributed by atoms with Crippen LogP contribution < -0.4 is 5.32 Å². The number of amides is 2. The van der Waals surface area contributed by atoms with Crippen LogP contribution in [0.25, 0.3) is 0 Å². The first-order chi connectivity index (χ1) is 15.9. The van der Waals surface area contributed by atoms with Crippen LogP contribution in [0.1, 0.15) is 30.6 Å². The maximum atomic E-state index is 13.1. The number of rotatable bonds is 8. The summed E-state index contributed by atoms with van der Waals surface area (Å²) in [6.07, 6.45) is 0.743. The lowest BCUT2D eigenvalue weighted by atomic mass is 10.1. The summed E-state index contributed by atoms with van der Waals surface area (Å²) >= 11 is 0. The molecule has 0 aromatic heterocycles. The number of likely N-dealkylation sites (N-methyl/N-ethyl adjacent to an activating group) is 1. The van der Waals surface area contributed by atoms with Gasteiger partial charge in [-0.3, -0.25) is 24.6 Å². The maximum absolute atomic E-state index is 13.1. The fraction of sp³-hybridized carbons (Fsp3) is 0.417. The highest BCUT2D eigenvalue weighted by Gasteiger charge is 2.25. The Labute approximate surface area is 194 Å². The van der Waals surface area contributed by atoms with Gasteiger partial charge in [-0.15, -0.1) is 0 Å². The fourth-order valence-electron chi connectivity index (χ4n) is 3.98. The molecule has 1 saturated heterocycles. The number of hydrogen-bond acceptors (Lipinski definition) is 6. The molecule has 0 saturated carbocycles. The molecule has 0 aliphatic carbocycles. The number of nitrogens with one attached hydrogen (secondary N) is 1. The first kappa shape index (κ1) is 24.2. The van der Waals surface area contributed by atoms with Crippen LogP contribution in [0.2, 0.25) is 0 Å². The van der Waals surface area contributed by atoms with Gasteiger partial charge in [0.25, 0.3) is 11.6 Å². The predicted octanol–water partition coefficient (Wildman–Crippen LogP) is 3.35. The van der Waals surface area contributed by atoms with Crippen molar-refractivity contribution in [2.24, 2.45) is 0 Å². The molecule has 1 fully saturated rings. The highest BCUT2D eigenvalue weighted by Crippen LogP contribution is 2.29. The lowest BCUT2D eigenvalue weighted by molar-refractivity contribution is -0.383. The fourth-order valence-corrected chi connectivity index (χ4v) is 3.98. The molecule has 2 aromatic carbocycles. The Morgan fingerprint density at radius 2 is 1.76 bits per heavy atom. The van der Waals surface area contributed by atoms with Crippen LogP contribution >= 0.6 is 0 Å². The molecule has 1 aliphatic rings. The van der Waals surface area contributed by atoms with E-state index in [-0.39, 0.29) is 23.1 Å². The molecule has 2 amide bonds. The number of nitro groups is 1. The maximum Gasteiger partial charge on any atom is 0.293 e. The minimum Gasteiger partial charge on any atom is -0.350 e. The molecule has 9 heteroatoms. The first-order valence-electron chi connectivity index (χ1n) is 11.3. The second-order valence-electron chi connectivity index (χ2n) is 7.97. The van der Waals surface area contributed by atoms with Crippen molar-refractivity contribution in [3.8, 4) is 0 Å². The normalized spacial score (nSPS) is 14.4. The van der Waals surface area contributed by atoms with Gasteiger partial charge in [-0.1, -0.05) is 18.2 Å². The average Bonchev–Trinajstić information content (AvgIpc) is 3.05. The van der Waals surface area contributed by atoms with Crippen LogP contribution in [0.4, 0.5) is 17.1 Å². The zero-order valence-electron chi connectivity index (χ0n) is 19.2. The summed E-state index contributed by atoms with van der Waals surface area (Å²) in [5.74, 6) is -0.141. The summed E-state index contributed by atoms with van der Waals surface area (Å²) in [7, 11) is 0. The molecular formula is C24H31N5O4. The largest absolute Gasteiger partial charge is 0.350 e. The number of nitrogens with zero attached hydrogens (tertiary/aromatic N) is 4. The quantitative estimate of drug-likeness (QED) is 0.486. The molecule has 0 bridgehead atoms. The SMILES string of the molecule is CCN(CC)C(=O)CN1CCCN(C(=O)c2ccc(Nc3ccccc3)c([N+](=O)[O-])c2)CC1. The molecule has 1 heterocycles. The van der Waals surface area contributed by atoms with E-state index < -0.39 is 4.92 Å². The van der Waals surface area contributed by atoms with Crippen LogP contribution in [0, 0.1) is 10.1 Å². The number of anilines is 2. The number of para-hydroxylation sites is 1. The van der Waals surface area contributed by atoms with Crippen molar-refractivity contribution in [3.05, 3.63) is 64.2 Å². The van der Waals surface area contributed by atoms with Crippen molar-refractivity contribution in [2.75, 3.05) is 51.1 Å². The van der Waals surface area contributed by atoms with E-state index in [2.05, 4.69) is 10.2 Å². The third-order valence-corrected chi connectivity index (χ3v) is 5.84. The molecule has 0 unspecified atom stereocenters. The summed E-state index contributed by atoms with van der Waals surface area (Å²) in [6, 6.07) is 13.7. The Balaban J connectivity index is 1.68. The van der Waals surface area contributed by atoms with Crippen LogP contribution in [0.15, 0.2) is 48.5 Å². The second kappa shape index (κ2) is 11.4. The zero-order chi connectivity index (χ0) is 23.8. The molecule has 9 nitrogen and oxygen atoms in total. The number of carbonyl (C=O) groups is 2. The molecular weight excluding hydrogens is 422 g/mol. The summed E-state index contributed by atoms with van der Waals surface area (Å²) in [5, 5.41) is 14.7. The van der Waals surface area contributed by atoms with Crippen LogP contribution in [0.3, 0.4) is 0 Å². The third kappa shape index (κ3) is 6.29. The smallest absolute Gasteiger partial charge is 0.293 e. The van der Waals surface area contributed by atoms with Crippen molar-refractivity contribution in [2.45, 2.75) is 20.3 Å². The number of nitro benzene ring substituents is 1. The average molecular weight is 454 g/mol. The summed E-state index contributed by atoms with van der Waals surface area (Å²) in [6.45, 7) is 7.98. The van der Waals surface area contributed by atoms with Crippen molar-refractivity contribution < 1.29 is 14.5 Å². The lowest BCUT2D eigenvalue weighted by Gasteiger charge is -2.25. The molecule has 0 atom stereocenters. The minimum absolute atomic E-state index is 0.0944. The van der Waals surface area contributed by atoms with E-state index in [0.29, 0.717) is 45.0 Å². The van der Waals surface area contributed by atoms with Crippen molar-refractivity contribution in [1.82, 2.24) is 14.7 Å². The predicted molar refractivity (Wildman–Crippen MR) is 128 cm³/mol. The Hall–Kier alpha value is -3.46. The van der Waals surface area contributed by atoms with Gasteiger partial charge in [-0.25, -0.2) is 0 Å². The molecule has 176 valence electrons. The van der Waals surface area contributed by atoms with Crippen molar-refractivity contribution in [1.29, 1.82) is 0 Å². The highest BCUT2D eigenvalue weighted by atomic mass is 16.6. The molecule has 0 spiro atoms. The second-order valence-corrected chi connectivity index (χ2v) is 7.97. The Morgan fingerprint density at radius 3 is 2.42 bits per heavy atom. The molecule has 33 heavy (non-hydrogen) atoms. The van der Waals surface area contributed by atoms with Gasteiger partial charge >= 0.3 is 0 Å². The van der Waals surface area contributed by atoms with E-state index >= 15 is 0 Å². The van der Waals surface area contributed by atoms with Gasteiger partial charge in [0.05, 0.1) is 11.5 Å². The molecule has 1 aliphatic heterocycles. The molecule has 3 rings (SSSR count). The molecule has 1 N–H and O–H groups in total. The van der Waals surface area contributed by atoms with E-state index in [9.17, 15) is 19.7 Å². The molecule has 0 radical (unpaired) electrons. The Kier molecular flexibility index (Phi) is 8.37. The van der Waals surface area contributed by atoms with Crippen LogP contribution in [0.5, 0.6) is 0 Å². The number of hydrogen-bond donors (Lipinski definition) is 1. The lowest BCUT2D eigenvalue weighted by Crippen LogP contribution is -2.42. The Bertz CT molecular complexity index is 978. The van der Waals surface area contributed by atoms with Gasteiger partial charge in [0.2, 0.25) is 5.91 Å². The number of carbonyl (C=O) groups excluding carboxylic acids is 2. The van der Waals surface area contributed by atoms with Crippen molar-refractivity contribution in [3.63, 3.8) is 0 Å².